The molecule has 5 nitrogen and oxygen atoms in total. The number of rotatable bonds is 4. The van der Waals surface area contributed by atoms with Crippen molar-refractivity contribution < 1.29 is 23.8 Å². The first-order chi connectivity index (χ1) is 10.9. The first-order valence-electron chi connectivity index (χ1n) is 6.89. The van der Waals surface area contributed by atoms with E-state index in [2.05, 4.69) is 5.32 Å². The highest BCUT2D eigenvalue weighted by Crippen LogP contribution is 2.19. The summed E-state index contributed by atoms with van der Waals surface area (Å²) in [6, 6.07) is 8.48. The summed E-state index contributed by atoms with van der Waals surface area (Å²) in [5.41, 5.74) is 1.76. The largest absolute Gasteiger partial charge is 0.507 e. The van der Waals surface area contributed by atoms with Crippen LogP contribution >= 0.6 is 0 Å². The quantitative estimate of drug-likeness (QED) is 0.850. The number of aryl methyl sites for hydroxylation is 2. The summed E-state index contributed by atoms with van der Waals surface area (Å²) in [5, 5.41) is 12.1. The minimum atomic E-state index is -0.811. The molecule has 0 radical (unpaired) electrons. The van der Waals surface area contributed by atoms with Crippen molar-refractivity contribution >= 4 is 17.6 Å². The summed E-state index contributed by atoms with van der Waals surface area (Å²) in [5.74, 6) is -2.10. The summed E-state index contributed by atoms with van der Waals surface area (Å²) >= 11 is 0. The number of carbonyl (C=O) groups is 2. The number of carbonyl (C=O) groups excluding carboxylic acids is 2. The molecule has 0 spiro atoms. The highest BCUT2D eigenvalue weighted by atomic mass is 19.1. The number of halogens is 1. The van der Waals surface area contributed by atoms with Gasteiger partial charge in [0.25, 0.3) is 5.91 Å². The number of esters is 1. The molecule has 0 aliphatic carbocycles. The third-order valence-electron chi connectivity index (χ3n) is 3.18. The molecule has 0 unspecified atom stereocenters. The molecule has 0 aliphatic heterocycles. The van der Waals surface area contributed by atoms with E-state index in [-0.39, 0.29) is 11.3 Å². The summed E-state index contributed by atoms with van der Waals surface area (Å²) in [6.45, 7) is 2.94. The second-order valence-corrected chi connectivity index (χ2v) is 5.10. The van der Waals surface area contributed by atoms with E-state index < -0.39 is 24.3 Å². The van der Waals surface area contributed by atoms with Crippen molar-refractivity contribution in [2.75, 3.05) is 11.9 Å². The van der Waals surface area contributed by atoms with E-state index in [1.54, 1.807) is 19.9 Å². The van der Waals surface area contributed by atoms with E-state index in [1.807, 2.05) is 0 Å². The van der Waals surface area contributed by atoms with E-state index in [1.165, 1.54) is 30.3 Å². The highest BCUT2D eigenvalue weighted by Gasteiger charge is 2.15. The third kappa shape index (κ3) is 4.29. The molecule has 2 aromatic rings. The molecule has 0 bridgehead atoms. The molecule has 2 aromatic carbocycles. The first kappa shape index (κ1) is 16.5. The van der Waals surface area contributed by atoms with Crippen LogP contribution in [-0.4, -0.2) is 23.6 Å². The molecule has 2 N–H and O–H groups in total. The van der Waals surface area contributed by atoms with Gasteiger partial charge in [0, 0.05) is 5.69 Å². The molecule has 23 heavy (non-hydrogen) atoms. The Morgan fingerprint density at radius 3 is 2.61 bits per heavy atom. The summed E-state index contributed by atoms with van der Waals surface area (Å²) in [4.78, 5) is 23.6. The van der Waals surface area contributed by atoms with Gasteiger partial charge in [-0.3, -0.25) is 4.79 Å². The maximum atomic E-state index is 13.1. The van der Waals surface area contributed by atoms with Gasteiger partial charge in [-0.1, -0.05) is 12.1 Å². The molecule has 0 saturated heterocycles. The van der Waals surface area contributed by atoms with Crippen molar-refractivity contribution in [3.05, 3.63) is 58.9 Å². The minimum Gasteiger partial charge on any atom is -0.507 e. The van der Waals surface area contributed by atoms with E-state index in [9.17, 15) is 19.1 Å². The molecule has 120 valence electrons. The number of aromatic hydroxyl groups is 1. The fourth-order valence-corrected chi connectivity index (χ4v) is 1.94. The van der Waals surface area contributed by atoms with Gasteiger partial charge in [-0.15, -0.1) is 0 Å². The van der Waals surface area contributed by atoms with Gasteiger partial charge in [-0.05, 0) is 49.2 Å². The minimum absolute atomic E-state index is 0.0228. The normalized spacial score (nSPS) is 10.2. The van der Waals surface area contributed by atoms with Gasteiger partial charge in [0.15, 0.2) is 6.61 Å². The van der Waals surface area contributed by atoms with Crippen molar-refractivity contribution in [1.82, 2.24) is 0 Å². The SMILES string of the molecule is Cc1ccc(C(=O)OCC(=O)Nc2cc(F)ccc2C)c(O)c1. The lowest BCUT2D eigenvalue weighted by Gasteiger charge is -2.09. The number of phenolic OH excluding ortho intramolecular Hbond substituents is 1. The van der Waals surface area contributed by atoms with Crippen LogP contribution in [0, 0.1) is 19.7 Å². The lowest BCUT2D eigenvalue weighted by Crippen LogP contribution is -2.21. The van der Waals surface area contributed by atoms with Gasteiger partial charge in [-0.2, -0.15) is 0 Å². The van der Waals surface area contributed by atoms with Crippen LogP contribution in [-0.2, 0) is 9.53 Å². The molecular formula is C17H16FNO4. The van der Waals surface area contributed by atoms with Gasteiger partial charge in [0.1, 0.15) is 17.1 Å². The van der Waals surface area contributed by atoms with E-state index in [0.717, 1.165) is 5.56 Å². The average Bonchev–Trinajstić information content (AvgIpc) is 2.48. The van der Waals surface area contributed by atoms with Crippen LogP contribution in [0.5, 0.6) is 5.75 Å². The topological polar surface area (TPSA) is 75.6 Å². The Kier molecular flexibility index (Phi) is 4.95. The monoisotopic (exact) mass is 317 g/mol. The number of hydrogen-bond acceptors (Lipinski definition) is 4. The van der Waals surface area contributed by atoms with Crippen LogP contribution in [0.1, 0.15) is 21.5 Å². The number of benzene rings is 2. The lowest BCUT2D eigenvalue weighted by molar-refractivity contribution is -0.119. The van der Waals surface area contributed by atoms with E-state index in [0.29, 0.717) is 11.3 Å². The van der Waals surface area contributed by atoms with Crippen LogP contribution in [0.15, 0.2) is 36.4 Å². The number of ether oxygens (including phenoxy) is 1. The molecule has 0 atom stereocenters. The van der Waals surface area contributed by atoms with Crippen molar-refractivity contribution in [2.45, 2.75) is 13.8 Å². The molecule has 0 saturated carbocycles. The van der Waals surface area contributed by atoms with Crippen LogP contribution < -0.4 is 5.32 Å². The first-order valence-corrected chi connectivity index (χ1v) is 6.89. The third-order valence-corrected chi connectivity index (χ3v) is 3.18. The predicted octanol–water partition coefficient (Wildman–Crippen LogP) is 2.94. The van der Waals surface area contributed by atoms with Crippen LogP contribution in [0.3, 0.4) is 0 Å². The Bertz CT molecular complexity index is 758. The molecule has 6 heteroatoms. The molecule has 0 fully saturated rings. The van der Waals surface area contributed by atoms with Gasteiger partial charge in [-0.25, -0.2) is 9.18 Å². The van der Waals surface area contributed by atoms with Crippen LogP contribution in [0.4, 0.5) is 10.1 Å². The van der Waals surface area contributed by atoms with E-state index in [4.69, 9.17) is 4.74 Å². The van der Waals surface area contributed by atoms with Crippen LogP contribution in [0.25, 0.3) is 0 Å². The molecule has 0 aliphatic rings. The zero-order valence-electron chi connectivity index (χ0n) is 12.7. The fraction of sp³-hybridized carbons (Fsp3) is 0.176. The molecule has 1 amide bonds. The van der Waals surface area contributed by atoms with Gasteiger partial charge < -0.3 is 15.2 Å². The molecule has 0 heterocycles. The second kappa shape index (κ2) is 6.91. The second-order valence-electron chi connectivity index (χ2n) is 5.10. The smallest absolute Gasteiger partial charge is 0.342 e. The Morgan fingerprint density at radius 2 is 1.91 bits per heavy atom. The summed E-state index contributed by atoms with van der Waals surface area (Å²) < 4.78 is 18.0. The summed E-state index contributed by atoms with van der Waals surface area (Å²) in [6.07, 6.45) is 0. The van der Waals surface area contributed by atoms with E-state index >= 15 is 0 Å². The summed E-state index contributed by atoms with van der Waals surface area (Å²) in [7, 11) is 0. The Balaban J connectivity index is 1.96. The molecule has 0 aromatic heterocycles. The zero-order chi connectivity index (χ0) is 17.0. The number of phenols is 1. The van der Waals surface area contributed by atoms with Gasteiger partial charge >= 0.3 is 5.97 Å². The maximum absolute atomic E-state index is 13.1. The Labute approximate surface area is 132 Å². The number of amides is 1. The average molecular weight is 317 g/mol. The van der Waals surface area contributed by atoms with Gasteiger partial charge in [0.2, 0.25) is 0 Å². The van der Waals surface area contributed by atoms with Gasteiger partial charge in [0.05, 0.1) is 0 Å². The van der Waals surface area contributed by atoms with Crippen molar-refractivity contribution in [3.8, 4) is 5.75 Å². The van der Waals surface area contributed by atoms with Crippen molar-refractivity contribution in [2.24, 2.45) is 0 Å². The molecular weight excluding hydrogens is 301 g/mol. The Morgan fingerprint density at radius 1 is 1.17 bits per heavy atom. The highest BCUT2D eigenvalue weighted by molar-refractivity contribution is 5.97. The fourth-order valence-electron chi connectivity index (χ4n) is 1.94. The van der Waals surface area contributed by atoms with Crippen LogP contribution in [0.2, 0.25) is 0 Å². The maximum Gasteiger partial charge on any atom is 0.342 e. The zero-order valence-corrected chi connectivity index (χ0v) is 12.7. The van der Waals surface area contributed by atoms with Crippen molar-refractivity contribution in [1.29, 1.82) is 0 Å². The predicted molar refractivity (Wildman–Crippen MR) is 82.9 cm³/mol. The standard InChI is InChI=1S/C17H16FNO4/c1-10-3-6-13(15(20)7-10)17(22)23-9-16(21)19-14-8-12(18)5-4-11(14)2/h3-8,20H,9H2,1-2H3,(H,19,21). The Hall–Kier alpha value is -2.89. The lowest BCUT2D eigenvalue weighted by atomic mass is 10.1. The molecule has 2 rings (SSSR count). The van der Waals surface area contributed by atoms with Crippen molar-refractivity contribution in [3.63, 3.8) is 0 Å². The number of hydrogen-bond donors (Lipinski definition) is 2. The number of anilines is 1. The number of nitrogens with one attached hydrogen (secondary N) is 1.